The number of anilines is 3. The van der Waals surface area contributed by atoms with Crippen molar-refractivity contribution in [1.82, 2.24) is 14.9 Å². The molecule has 0 atom stereocenters. The van der Waals surface area contributed by atoms with Crippen molar-refractivity contribution in [3.05, 3.63) is 6.33 Å². The highest BCUT2D eigenvalue weighted by molar-refractivity contribution is 5.76. The first kappa shape index (κ1) is 19.7. The number of nitrogens with zero attached hydrogens (tertiary/aromatic N) is 4. The van der Waals surface area contributed by atoms with E-state index in [1.54, 1.807) is 6.33 Å². The van der Waals surface area contributed by atoms with E-state index in [9.17, 15) is 4.79 Å². The number of carbonyl (C=O) groups excluding carboxylic acids is 1. The second-order valence-electron chi connectivity index (χ2n) is 7.30. The van der Waals surface area contributed by atoms with E-state index in [0.717, 1.165) is 44.8 Å². The summed E-state index contributed by atoms with van der Waals surface area (Å²) in [5.41, 5.74) is 6.93. The normalized spacial score (nSPS) is 19.1. The Labute approximate surface area is 161 Å². The van der Waals surface area contributed by atoms with Gasteiger partial charge in [0, 0.05) is 26.2 Å². The maximum absolute atomic E-state index is 11.9. The molecule has 1 aromatic heterocycles. The molecule has 150 valence electrons. The Bertz CT molecular complexity index is 612. The summed E-state index contributed by atoms with van der Waals surface area (Å²) < 4.78 is 5.14. The smallest absolute Gasteiger partial charge is 0.309 e. The van der Waals surface area contributed by atoms with Crippen LogP contribution in [0.1, 0.15) is 39.0 Å². The number of esters is 1. The number of ether oxygens (including phenoxy) is 1. The lowest BCUT2D eigenvalue weighted by molar-refractivity contribution is -0.148. The van der Waals surface area contributed by atoms with Crippen LogP contribution in [0.15, 0.2) is 6.33 Å². The van der Waals surface area contributed by atoms with Gasteiger partial charge in [-0.25, -0.2) is 9.97 Å². The fourth-order valence-electron chi connectivity index (χ4n) is 3.88. The number of nitrogens with one attached hydrogen (secondary N) is 1. The highest BCUT2D eigenvalue weighted by Crippen LogP contribution is 2.30. The molecule has 8 nitrogen and oxygen atoms in total. The number of hydrogen-bond acceptors (Lipinski definition) is 8. The number of carbonyl (C=O) groups is 1. The molecule has 3 heterocycles. The summed E-state index contributed by atoms with van der Waals surface area (Å²) in [4.78, 5) is 25.2. The quantitative estimate of drug-likeness (QED) is 0.695. The molecular weight excluding hydrogens is 344 g/mol. The lowest BCUT2D eigenvalue weighted by Gasteiger charge is -2.32. The molecule has 2 aliphatic rings. The van der Waals surface area contributed by atoms with Gasteiger partial charge in [0.2, 0.25) is 0 Å². The zero-order valence-corrected chi connectivity index (χ0v) is 16.3. The molecule has 0 amide bonds. The molecule has 1 aromatic rings. The predicted molar refractivity (Wildman–Crippen MR) is 107 cm³/mol. The van der Waals surface area contributed by atoms with Crippen LogP contribution in [0.3, 0.4) is 0 Å². The number of hydrogen-bond donors (Lipinski definition) is 2. The number of nitrogen functional groups attached to an aromatic ring is 1. The van der Waals surface area contributed by atoms with Gasteiger partial charge >= 0.3 is 5.97 Å². The number of rotatable bonds is 7. The zero-order chi connectivity index (χ0) is 19.1. The van der Waals surface area contributed by atoms with Crippen molar-refractivity contribution >= 4 is 23.3 Å². The first-order valence-corrected chi connectivity index (χ1v) is 10.2. The summed E-state index contributed by atoms with van der Waals surface area (Å²) in [5.74, 6) is 1.34. The Hall–Kier alpha value is -2.09. The average molecular weight is 377 g/mol. The Morgan fingerprint density at radius 2 is 1.96 bits per heavy atom. The van der Waals surface area contributed by atoms with Crippen molar-refractivity contribution in [2.24, 2.45) is 5.92 Å². The van der Waals surface area contributed by atoms with E-state index in [2.05, 4.69) is 25.1 Å². The van der Waals surface area contributed by atoms with Crippen LogP contribution in [0.5, 0.6) is 0 Å². The lowest BCUT2D eigenvalue weighted by Crippen LogP contribution is -2.38. The van der Waals surface area contributed by atoms with E-state index < -0.39 is 0 Å². The van der Waals surface area contributed by atoms with Crippen molar-refractivity contribution in [1.29, 1.82) is 0 Å². The molecule has 3 rings (SSSR count). The van der Waals surface area contributed by atoms with E-state index in [-0.39, 0.29) is 11.9 Å². The third kappa shape index (κ3) is 5.22. The van der Waals surface area contributed by atoms with Gasteiger partial charge in [0.1, 0.15) is 12.0 Å². The third-order valence-corrected chi connectivity index (χ3v) is 5.45. The van der Waals surface area contributed by atoms with Crippen molar-refractivity contribution in [3.8, 4) is 0 Å². The van der Waals surface area contributed by atoms with Crippen molar-refractivity contribution in [3.63, 3.8) is 0 Å². The van der Waals surface area contributed by atoms with Gasteiger partial charge in [-0.05, 0) is 45.7 Å². The summed E-state index contributed by atoms with van der Waals surface area (Å²) in [6, 6.07) is 0. The van der Waals surface area contributed by atoms with Gasteiger partial charge in [-0.1, -0.05) is 6.42 Å². The van der Waals surface area contributed by atoms with Gasteiger partial charge < -0.3 is 25.6 Å². The number of nitrogens with two attached hydrogens (primary N) is 1. The topological polar surface area (TPSA) is 96.6 Å². The minimum absolute atomic E-state index is 0.0219. The maximum atomic E-state index is 11.9. The molecule has 8 heteroatoms. The first-order valence-electron chi connectivity index (χ1n) is 10.2. The minimum Gasteiger partial charge on any atom is -0.466 e. The van der Waals surface area contributed by atoms with E-state index in [1.807, 2.05) is 6.92 Å². The Morgan fingerprint density at radius 1 is 1.22 bits per heavy atom. The van der Waals surface area contributed by atoms with E-state index >= 15 is 0 Å². The molecule has 3 N–H and O–H groups in total. The fraction of sp³-hybridized carbons (Fsp3) is 0.737. The molecule has 0 radical (unpaired) electrons. The minimum atomic E-state index is -0.0899. The maximum Gasteiger partial charge on any atom is 0.309 e. The summed E-state index contributed by atoms with van der Waals surface area (Å²) in [6.45, 7) is 7.97. The Kier molecular flexibility index (Phi) is 7.09. The van der Waals surface area contributed by atoms with Crippen LogP contribution in [-0.2, 0) is 9.53 Å². The molecule has 0 saturated carbocycles. The first-order chi connectivity index (χ1) is 13.2. The van der Waals surface area contributed by atoms with Crippen molar-refractivity contribution in [2.75, 3.05) is 61.8 Å². The molecular formula is C19H32N6O2. The largest absolute Gasteiger partial charge is 0.466 e. The van der Waals surface area contributed by atoms with Crippen LogP contribution >= 0.6 is 0 Å². The van der Waals surface area contributed by atoms with Gasteiger partial charge in [0.15, 0.2) is 11.6 Å². The molecule has 0 spiro atoms. The van der Waals surface area contributed by atoms with Crippen molar-refractivity contribution in [2.45, 2.75) is 39.0 Å². The summed E-state index contributed by atoms with van der Waals surface area (Å²) in [6.07, 6.45) is 7.02. The standard InChI is InChI=1S/C19H32N6O2/c1-2-27-19(26)15-6-11-25(12-7-15)18-16(20)17(22-14-23-18)21-8-13-24-9-4-3-5-10-24/h14-15H,2-13,20H2,1H3,(H,21,22,23). The average Bonchev–Trinajstić information content (AvgIpc) is 2.70. The van der Waals surface area contributed by atoms with Gasteiger partial charge in [0.25, 0.3) is 0 Å². The van der Waals surface area contributed by atoms with Crippen LogP contribution in [0.4, 0.5) is 17.3 Å². The van der Waals surface area contributed by atoms with E-state index in [4.69, 9.17) is 10.5 Å². The van der Waals surface area contributed by atoms with Gasteiger partial charge in [-0.3, -0.25) is 4.79 Å². The molecule has 27 heavy (non-hydrogen) atoms. The molecule has 0 unspecified atom stereocenters. The molecule has 0 bridgehead atoms. The summed E-state index contributed by atoms with van der Waals surface area (Å²) in [7, 11) is 0. The highest BCUT2D eigenvalue weighted by atomic mass is 16.5. The Balaban J connectivity index is 1.53. The highest BCUT2D eigenvalue weighted by Gasteiger charge is 2.27. The molecule has 0 aromatic carbocycles. The van der Waals surface area contributed by atoms with Gasteiger partial charge in [0.05, 0.1) is 12.5 Å². The summed E-state index contributed by atoms with van der Waals surface area (Å²) in [5, 5.41) is 3.36. The number of likely N-dealkylation sites (tertiary alicyclic amines) is 1. The lowest BCUT2D eigenvalue weighted by atomic mass is 9.97. The predicted octanol–water partition coefficient (Wildman–Crippen LogP) is 1.74. The van der Waals surface area contributed by atoms with Crippen LogP contribution in [0, 0.1) is 5.92 Å². The van der Waals surface area contributed by atoms with Gasteiger partial charge in [-0.15, -0.1) is 0 Å². The van der Waals surface area contributed by atoms with E-state index in [1.165, 1.54) is 32.4 Å². The monoisotopic (exact) mass is 376 g/mol. The fourth-order valence-corrected chi connectivity index (χ4v) is 3.88. The molecule has 2 saturated heterocycles. The van der Waals surface area contributed by atoms with Crippen LogP contribution in [-0.4, -0.2) is 66.7 Å². The zero-order valence-electron chi connectivity index (χ0n) is 16.3. The third-order valence-electron chi connectivity index (χ3n) is 5.45. The van der Waals surface area contributed by atoms with Crippen LogP contribution in [0.2, 0.25) is 0 Å². The number of piperidine rings is 2. The molecule has 2 aliphatic heterocycles. The molecule has 0 aliphatic carbocycles. The Morgan fingerprint density at radius 3 is 2.67 bits per heavy atom. The summed E-state index contributed by atoms with van der Waals surface area (Å²) >= 11 is 0. The number of aromatic nitrogens is 2. The SMILES string of the molecule is CCOC(=O)C1CCN(c2ncnc(NCCN3CCCCC3)c2N)CC1. The molecule has 2 fully saturated rings. The van der Waals surface area contributed by atoms with Crippen molar-refractivity contribution < 1.29 is 9.53 Å². The van der Waals surface area contributed by atoms with Gasteiger partial charge in [-0.2, -0.15) is 0 Å². The van der Waals surface area contributed by atoms with E-state index in [0.29, 0.717) is 18.1 Å². The second kappa shape index (κ2) is 9.73. The van der Waals surface area contributed by atoms with Crippen LogP contribution in [0.25, 0.3) is 0 Å². The second-order valence-corrected chi connectivity index (χ2v) is 7.30. The van der Waals surface area contributed by atoms with Crippen LogP contribution < -0.4 is 16.0 Å².